The van der Waals surface area contributed by atoms with Gasteiger partial charge in [-0.25, -0.2) is 0 Å². The lowest BCUT2D eigenvalue weighted by atomic mass is 10.1. The fourth-order valence-electron chi connectivity index (χ4n) is 2.17. The summed E-state index contributed by atoms with van der Waals surface area (Å²) in [6.45, 7) is 5.99. The predicted molar refractivity (Wildman–Crippen MR) is 78.9 cm³/mol. The van der Waals surface area contributed by atoms with Crippen molar-refractivity contribution in [1.29, 1.82) is 0 Å². The molecule has 0 aliphatic rings. The molecule has 1 aromatic heterocycles. The van der Waals surface area contributed by atoms with E-state index in [1.54, 1.807) is 11.3 Å². The Balaban J connectivity index is 1.99. The Labute approximate surface area is 118 Å². The van der Waals surface area contributed by atoms with Gasteiger partial charge in [-0.05, 0) is 49.8 Å². The Kier molecular flexibility index (Phi) is 4.38. The number of hydrogen-bond donors (Lipinski definition) is 0. The summed E-state index contributed by atoms with van der Waals surface area (Å²) in [7, 11) is 0. The fourth-order valence-corrected chi connectivity index (χ4v) is 2.88. The molecule has 0 saturated carbocycles. The predicted octanol–water partition coefficient (Wildman–Crippen LogP) is 4.21. The first-order chi connectivity index (χ1) is 9.06. The number of carbonyl (C=O) groups is 1. The minimum Gasteiger partial charge on any atom is -0.426 e. The molecule has 0 spiro atoms. The van der Waals surface area contributed by atoms with Crippen LogP contribution in [0.25, 0.3) is 0 Å². The molecule has 0 aliphatic carbocycles. The molecule has 1 aromatic carbocycles. The SMILES string of the molecule is Cc1cc(C)c(OC(=O)CCc2cccs2)c(C)c1. The second-order valence-electron chi connectivity index (χ2n) is 4.78. The van der Waals surface area contributed by atoms with Crippen LogP contribution in [0.1, 0.15) is 28.0 Å². The van der Waals surface area contributed by atoms with E-state index in [1.165, 1.54) is 10.4 Å². The van der Waals surface area contributed by atoms with Gasteiger partial charge in [0.25, 0.3) is 0 Å². The maximum absolute atomic E-state index is 11.9. The monoisotopic (exact) mass is 274 g/mol. The molecular weight excluding hydrogens is 256 g/mol. The topological polar surface area (TPSA) is 26.3 Å². The van der Waals surface area contributed by atoms with Crippen molar-refractivity contribution in [3.63, 3.8) is 0 Å². The number of carbonyl (C=O) groups excluding carboxylic acids is 1. The van der Waals surface area contributed by atoms with E-state index in [9.17, 15) is 4.79 Å². The van der Waals surface area contributed by atoms with Crippen molar-refractivity contribution < 1.29 is 9.53 Å². The maximum atomic E-state index is 11.9. The molecule has 0 atom stereocenters. The number of thiophene rings is 1. The van der Waals surface area contributed by atoms with Crippen molar-refractivity contribution in [2.45, 2.75) is 33.6 Å². The molecular formula is C16H18O2S. The van der Waals surface area contributed by atoms with E-state index in [0.717, 1.165) is 17.5 Å². The third kappa shape index (κ3) is 3.67. The minimum atomic E-state index is -0.163. The number of hydrogen-bond acceptors (Lipinski definition) is 3. The molecule has 2 aromatic rings. The number of ether oxygens (including phenoxy) is 1. The van der Waals surface area contributed by atoms with Crippen molar-refractivity contribution in [3.8, 4) is 5.75 Å². The van der Waals surface area contributed by atoms with E-state index < -0.39 is 0 Å². The van der Waals surface area contributed by atoms with E-state index in [2.05, 4.69) is 0 Å². The summed E-state index contributed by atoms with van der Waals surface area (Å²) in [4.78, 5) is 13.1. The zero-order valence-electron chi connectivity index (χ0n) is 11.5. The zero-order valence-corrected chi connectivity index (χ0v) is 12.3. The van der Waals surface area contributed by atoms with Crippen LogP contribution in [0, 0.1) is 20.8 Å². The van der Waals surface area contributed by atoms with Gasteiger partial charge >= 0.3 is 5.97 Å². The largest absolute Gasteiger partial charge is 0.426 e. The molecule has 2 nitrogen and oxygen atoms in total. The fraction of sp³-hybridized carbons (Fsp3) is 0.312. The first-order valence-electron chi connectivity index (χ1n) is 6.37. The van der Waals surface area contributed by atoms with Gasteiger partial charge in [0.05, 0.1) is 6.42 Å². The number of esters is 1. The first-order valence-corrected chi connectivity index (χ1v) is 7.25. The van der Waals surface area contributed by atoms with Crippen LogP contribution in [-0.4, -0.2) is 5.97 Å². The van der Waals surface area contributed by atoms with Crippen LogP contribution in [-0.2, 0) is 11.2 Å². The molecule has 0 fully saturated rings. The highest BCUT2D eigenvalue weighted by molar-refractivity contribution is 7.09. The van der Waals surface area contributed by atoms with Crippen molar-refractivity contribution in [2.75, 3.05) is 0 Å². The highest BCUT2D eigenvalue weighted by atomic mass is 32.1. The molecule has 100 valence electrons. The van der Waals surface area contributed by atoms with Gasteiger partial charge in [0.2, 0.25) is 0 Å². The Morgan fingerprint density at radius 2 is 1.89 bits per heavy atom. The van der Waals surface area contributed by atoms with E-state index in [1.807, 2.05) is 50.4 Å². The molecule has 0 bridgehead atoms. The average molecular weight is 274 g/mol. The quantitative estimate of drug-likeness (QED) is 0.616. The van der Waals surface area contributed by atoms with Gasteiger partial charge < -0.3 is 4.74 Å². The molecule has 0 aliphatic heterocycles. The maximum Gasteiger partial charge on any atom is 0.311 e. The lowest BCUT2D eigenvalue weighted by molar-refractivity contribution is -0.134. The molecule has 0 saturated heterocycles. The molecule has 1 heterocycles. The summed E-state index contributed by atoms with van der Waals surface area (Å²) >= 11 is 1.67. The number of rotatable bonds is 4. The van der Waals surface area contributed by atoms with Gasteiger partial charge in [-0.15, -0.1) is 11.3 Å². The third-order valence-corrected chi connectivity index (χ3v) is 3.91. The lowest BCUT2D eigenvalue weighted by Crippen LogP contribution is -2.10. The van der Waals surface area contributed by atoms with Crippen molar-refractivity contribution in [2.24, 2.45) is 0 Å². The average Bonchev–Trinajstić information content (AvgIpc) is 2.84. The van der Waals surface area contributed by atoms with Gasteiger partial charge in [0.1, 0.15) is 5.75 Å². The normalized spacial score (nSPS) is 10.5. The molecule has 19 heavy (non-hydrogen) atoms. The van der Waals surface area contributed by atoms with E-state index in [0.29, 0.717) is 12.2 Å². The molecule has 3 heteroatoms. The van der Waals surface area contributed by atoms with Crippen molar-refractivity contribution in [3.05, 3.63) is 51.2 Å². The highest BCUT2D eigenvalue weighted by Gasteiger charge is 2.11. The standard InChI is InChI=1S/C16H18O2S/c1-11-9-12(2)16(13(3)10-11)18-15(17)7-6-14-5-4-8-19-14/h4-5,8-10H,6-7H2,1-3H3. The zero-order chi connectivity index (χ0) is 13.8. The summed E-state index contributed by atoms with van der Waals surface area (Å²) in [6.07, 6.45) is 1.17. The molecule has 0 radical (unpaired) electrons. The van der Waals surface area contributed by atoms with Crippen LogP contribution in [0.5, 0.6) is 5.75 Å². The van der Waals surface area contributed by atoms with Crippen LogP contribution in [0.3, 0.4) is 0 Å². The van der Waals surface area contributed by atoms with E-state index >= 15 is 0 Å². The van der Waals surface area contributed by atoms with Gasteiger partial charge in [0, 0.05) is 4.88 Å². The Morgan fingerprint density at radius 3 is 2.47 bits per heavy atom. The Bertz CT molecular complexity index is 547. The smallest absolute Gasteiger partial charge is 0.311 e. The van der Waals surface area contributed by atoms with E-state index in [-0.39, 0.29) is 5.97 Å². The third-order valence-electron chi connectivity index (χ3n) is 2.98. The second kappa shape index (κ2) is 6.02. The summed E-state index contributed by atoms with van der Waals surface area (Å²) in [5, 5.41) is 2.02. The van der Waals surface area contributed by atoms with Crippen LogP contribution < -0.4 is 4.74 Å². The highest BCUT2D eigenvalue weighted by Crippen LogP contribution is 2.25. The molecule has 0 amide bonds. The van der Waals surface area contributed by atoms with Crippen LogP contribution >= 0.6 is 11.3 Å². The molecule has 0 unspecified atom stereocenters. The summed E-state index contributed by atoms with van der Waals surface area (Å²) in [6, 6.07) is 8.11. The Hall–Kier alpha value is -1.61. The number of benzene rings is 1. The van der Waals surface area contributed by atoms with Gasteiger partial charge in [-0.1, -0.05) is 23.8 Å². The first kappa shape index (κ1) is 13.8. The van der Waals surface area contributed by atoms with Crippen molar-refractivity contribution >= 4 is 17.3 Å². The lowest BCUT2D eigenvalue weighted by Gasteiger charge is -2.11. The van der Waals surface area contributed by atoms with Crippen molar-refractivity contribution in [1.82, 2.24) is 0 Å². The summed E-state index contributed by atoms with van der Waals surface area (Å²) < 4.78 is 5.49. The summed E-state index contributed by atoms with van der Waals surface area (Å²) in [5.41, 5.74) is 3.22. The van der Waals surface area contributed by atoms with Crippen LogP contribution in [0.2, 0.25) is 0 Å². The van der Waals surface area contributed by atoms with Gasteiger partial charge in [0.15, 0.2) is 0 Å². The minimum absolute atomic E-state index is 0.163. The van der Waals surface area contributed by atoms with Gasteiger partial charge in [-0.3, -0.25) is 4.79 Å². The second-order valence-corrected chi connectivity index (χ2v) is 5.81. The molecule has 0 N–H and O–H groups in total. The van der Waals surface area contributed by atoms with Gasteiger partial charge in [-0.2, -0.15) is 0 Å². The molecule has 2 rings (SSSR count). The number of aryl methyl sites for hydroxylation is 4. The van der Waals surface area contributed by atoms with Crippen LogP contribution in [0.15, 0.2) is 29.6 Å². The summed E-state index contributed by atoms with van der Waals surface area (Å²) in [5.74, 6) is 0.547. The van der Waals surface area contributed by atoms with Crippen LogP contribution in [0.4, 0.5) is 0 Å². The Morgan fingerprint density at radius 1 is 1.21 bits per heavy atom. The van der Waals surface area contributed by atoms with E-state index in [4.69, 9.17) is 4.74 Å².